The van der Waals surface area contributed by atoms with Crippen molar-refractivity contribution in [1.29, 1.82) is 0 Å². The topological polar surface area (TPSA) is 114 Å². The molecule has 2 aliphatic rings. The first-order valence-corrected chi connectivity index (χ1v) is 9.47. The van der Waals surface area contributed by atoms with Crippen LogP contribution in [0.2, 0.25) is 0 Å². The van der Waals surface area contributed by atoms with Crippen molar-refractivity contribution in [3.8, 4) is 0 Å². The number of piperidine rings is 1. The molecule has 1 unspecified atom stereocenters. The molecule has 0 radical (unpaired) electrons. The minimum absolute atomic E-state index is 0.00103. The molecule has 0 bridgehead atoms. The third kappa shape index (κ3) is 4.13. The summed E-state index contributed by atoms with van der Waals surface area (Å²) in [6.45, 7) is 5.11. The van der Waals surface area contributed by atoms with E-state index < -0.39 is 4.92 Å². The number of esters is 1. The van der Waals surface area contributed by atoms with Crippen LogP contribution in [-0.2, 0) is 14.3 Å². The second-order valence-corrected chi connectivity index (χ2v) is 7.11. The Balaban J connectivity index is 1.80. The van der Waals surface area contributed by atoms with Gasteiger partial charge in [0.15, 0.2) is 0 Å². The number of carbonyl (C=O) groups is 2. The number of nitro benzene ring substituents is 1. The molecular formula is C19H24N4O5. The van der Waals surface area contributed by atoms with E-state index in [9.17, 15) is 19.7 Å². The maximum atomic E-state index is 11.9. The molecular weight excluding hydrogens is 364 g/mol. The smallest absolute Gasteiger partial charge is 0.309 e. The first kappa shape index (κ1) is 19.8. The van der Waals surface area contributed by atoms with E-state index in [1.807, 2.05) is 11.8 Å². The summed E-state index contributed by atoms with van der Waals surface area (Å²) in [4.78, 5) is 36.6. The fourth-order valence-electron chi connectivity index (χ4n) is 3.71. The van der Waals surface area contributed by atoms with Crippen LogP contribution in [0, 0.1) is 22.0 Å². The number of hydrogen-bond donors (Lipinski definition) is 1. The van der Waals surface area contributed by atoms with Crippen LogP contribution in [0.25, 0.3) is 0 Å². The largest absolute Gasteiger partial charge is 0.466 e. The van der Waals surface area contributed by atoms with Crippen molar-refractivity contribution in [1.82, 2.24) is 5.43 Å². The summed E-state index contributed by atoms with van der Waals surface area (Å²) in [5, 5.41) is 15.8. The van der Waals surface area contributed by atoms with Gasteiger partial charge in [-0.15, -0.1) is 0 Å². The SMILES string of the molecule is CCOC(=O)C1CCN(c2ccc(C3=NNC(=O)CC3C)cc2[N+](=O)[O-])CC1. The third-order valence-corrected chi connectivity index (χ3v) is 5.18. The molecule has 1 aromatic rings. The Bertz CT molecular complexity index is 815. The molecule has 0 aromatic heterocycles. The number of nitrogens with zero attached hydrogens (tertiary/aromatic N) is 3. The number of ether oxygens (including phenoxy) is 1. The zero-order valence-electron chi connectivity index (χ0n) is 16.0. The summed E-state index contributed by atoms with van der Waals surface area (Å²) in [5.41, 5.74) is 4.23. The molecule has 0 spiro atoms. The van der Waals surface area contributed by atoms with Gasteiger partial charge in [0.2, 0.25) is 5.91 Å². The minimum Gasteiger partial charge on any atom is -0.466 e. The van der Waals surface area contributed by atoms with Gasteiger partial charge in [-0.25, -0.2) is 5.43 Å². The molecule has 2 aliphatic heterocycles. The normalized spacial score (nSPS) is 20.4. The number of hydrogen-bond acceptors (Lipinski definition) is 7. The van der Waals surface area contributed by atoms with Crippen molar-refractivity contribution >= 4 is 29.0 Å². The van der Waals surface area contributed by atoms with Gasteiger partial charge in [0.25, 0.3) is 5.69 Å². The highest BCUT2D eigenvalue weighted by atomic mass is 16.6. The quantitative estimate of drug-likeness (QED) is 0.470. The molecule has 0 saturated carbocycles. The molecule has 1 saturated heterocycles. The molecule has 1 atom stereocenters. The predicted molar refractivity (Wildman–Crippen MR) is 103 cm³/mol. The molecule has 0 aliphatic carbocycles. The van der Waals surface area contributed by atoms with E-state index in [2.05, 4.69) is 10.5 Å². The van der Waals surface area contributed by atoms with Crippen LogP contribution in [-0.4, -0.2) is 42.2 Å². The van der Waals surface area contributed by atoms with Crippen molar-refractivity contribution in [2.75, 3.05) is 24.6 Å². The molecule has 28 heavy (non-hydrogen) atoms. The summed E-state index contributed by atoms with van der Waals surface area (Å²) < 4.78 is 5.08. The van der Waals surface area contributed by atoms with Crippen LogP contribution >= 0.6 is 0 Å². The second-order valence-electron chi connectivity index (χ2n) is 7.11. The zero-order valence-corrected chi connectivity index (χ0v) is 16.0. The Kier molecular flexibility index (Phi) is 5.91. The average molecular weight is 388 g/mol. The van der Waals surface area contributed by atoms with Crippen LogP contribution in [0.3, 0.4) is 0 Å². The third-order valence-electron chi connectivity index (χ3n) is 5.18. The number of anilines is 1. The number of carbonyl (C=O) groups excluding carboxylic acids is 2. The van der Waals surface area contributed by atoms with Gasteiger partial charge in [0.1, 0.15) is 5.69 Å². The summed E-state index contributed by atoms with van der Waals surface area (Å²) >= 11 is 0. The van der Waals surface area contributed by atoms with Crippen molar-refractivity contribution in [3.63, 3.8) is 0 Å². The van der Waals surface area contributed by atoms with Crippen molar-refractivity contribution in [2.45, 2.75) is 33.1 Å². The molecule has 1 N–H and O–H groups in total. The monoisotopic (exact) mass is 388 g/mol. The summed E-state index contributed by atoms with van der Waals surface area (Å²) in [5.74, 6) is -0.625. The van der Waals surface area contributed by atoms with E-state index in [1.165, 1.54) is 6.07 Å². The van der Waals surface area contributed by atoms with Crippen LogP contribution in [0.1, 0.15) is 38.7 Å². The highest BCUT2D eigenvalue weighted by Crippen LogP contribution is 2.33. The maximum Gasteiger partial charge on any atom is 0.309 e. The second kappa shape index (κ2) is 8.37. The van der Waals surface area contributed by atoms with Gasteiger partial charge in [0.05, 0.1) is 23.2 Å². The summed E-state index contributed by atoms with van der Waals surface area (Å²) in [6, 6.07) is 5.04. The highest BCUT2D eigenvalue weighted by Gasteiger charge is 2.30. The maximum absolute atomic E-state index is 11.9. The van der Waals surface area contributed by atoms with Crippen LogP contribution in [0.5, 0.6) is 0 Å². The lowest BCUT2D eigenvalue weighted by Crippen LogP contribution is -2.37. The lowest BCUT2D eigenvalue weighted by Gasteiger charge is -2.32. The molecule has 2 heterocycles. The van der Waals surface area contributed by atoms with Gasteiger partial charge in [0, 0.05) is 37.1 Å². The molecule has 3 rings (SSSR count). The molecule has 1 amide bonds. The van der Waals surface area contributed by atoms with Gasteiger partial charge < -0.3 is 9.64 Å². The van der Waals surface area contributed by atoms with E-state index in [1.54, 1.807) is 19.1 Å². The van der Waals surface area contributed by atoms with E-state index in [0.29, 0.717) is 55.9 Å². The number of benzene rings is 1. The lowest BCUT2D eigenvalue weighted by atomic mass is 9.93. The van der Waals surface area contributed by atoms with Crippen LogP contribution < -0.4 is 10.3 Å². The first-order valence-electron chi connectivity index (χ1n) is 9.47. The van der Waals surface area contributed by atoms with E-state index >= 15 is 0 Å². The van der Waals surface area contributed by atoms with Crippen molar-refractivity contribution in [3.05, 3.63) is 33.9 Å². The molecule has 1 fully saturated rings. The molecule has 9 heteroatoms. The Morgan fingerprint density at radius 3 is 2.71 bits per heavy atom. The van der Waals surface area contributed by atoms with Gasteiger partial charge in [-0.2, -0.15) is 5.10 Å². The first-order chi connectivity index (χ1) is 13.4. The average Bonchev–Trinajstić information content (AvgIpc) is 2.68. The number of hydrazone groups is 1. The number of nitro groups is 1. The van der Waals surface area contributed by atoms with Crippen LogP contribution in [0.4, 0.5) is 11.4 Å². The number of amides is 1. The fraction of sp³-hybridized carbons (Fsp3) is 0.526. The standard InChI is InChI=1S/C19H24N4O5/c1-3-28-19(25)13-6-8-22(9-7-13)15-5-4-14(11-16(15)23(26)27)18-12(2)10-17(24)20-21-18/h4-5,11-13H,3,6-10H2,1-2H3,(H,20,24). The van der Waals surface area contributed by atoms with Gasteiger partial charge in [-0.3, -0.25) is 19.7 Å². The van der Waals surface area contributed by atoms with E-state index in [-0.39, 0.29) is 29.4 Å². The van der Waals surface area contributed by atoms with Gasteiger partial charge >= 0.3 is 5.97 Å². The zero-order chi connectivity index (χ0) is 20.3. The highest BCUT2D eigenvalue weighted by molar-refractivity contribution is 6.06. The minimum atomic E-state index is -0.400. The molecule has 9 nitrogen and oxygen atoms in total. The predicted octanol–water partition coefficient (Wildman–Crippen LogP) is 2.23. The van der Waals surface area contributed by atoms with Crippen LogP contribution in [0.15, 0.2) is 23.3 Å². The Morgan fingerprint density at radius 2 is 2.11 bits per heavy atom. The Morgan fingerprint density at radius 1 is 1.39 bits per heavy atom. The summed E-state index contributed by atoms with van der Waals surface area (Å²) in [7, 11) is 0. The summed E-state index contributed by atoms with van der Waals surface area (Å²) in [6.07, 6.45) is 1.51. The van der Waals surface area contributed by atoms with Crippen molar-refractivity contribution in [2.24, 2.45) is 16.9 Å². The number of rotatable bonds is 5. The van der Waals surface area contributed by atoms with E-state index in [4.69, 9.17) is 4.74 Å². The Labute approximate surface area is 162 Å². The van der Waals surface area contributed by atoms with Gasteiger partial charge in [-0.1, -0.05) is 13.0 Å². The lowest BCUT2D eigenvalue weighted by molar-refractivity contribution is -0.384. The number of nitrogens with one attached hydrogen (secondary N) is 1. The molecule has 150 valence electrons. The van der Waals surface area contributed by atoms with E-state index in [0.717, 1.165) is 0 Å². The Hall–Kier alpha value is -2.97. The molecule has 1 aromatic carbocycles. The van der Waals surface area contributed by atoms with Gasteiger partial charge in [-0.05, 0) is 25.8 Å². The fourth-order valence-corrected chi connectivity index (χ4v) is 3.71. The van der Waals surface area contributed by atoms with Crippen molar-refractivity contribution < 1.29 is 19.2 Å².